The van der Waals surface area contributed by atoms with Crippen LogP contribution in [0.5, 0.6) is 5.75 Å². The molecule has 0 unspecified atom stereocenters. The highest BCUT2D eigenvalue weighted by Gasteiger charge is 2.30. The Bertz CT molecular complexity index is 1490. The number of nitrogens with one attached hydrogen (secondary N) is 2. The zero-order chi connectivity index (χ0) is 30.2. The Balaban J connectivity index is 1.48. The first-order valence-electron chi connectivity index (χ1n) is 13.6. The van der Waals surface area contributed by atoms with E-state index in [-0.39, 0.29) is 37.8 Å². The van der Waals surface area contributed by atoms with Gasteiger partial charge in [-0.15, -0.1) is 0 Å². The second kappa shape index (κ2) is 13.5. The molecular formula is C31H34N4O7. The van der Waals surface area contributed by atoms with Gasteiger partial charge in [-0.3, -0.25) is 14.5 Å². The van der Waals surface area contributed by atoms with Crippen LogP contribution in [0.3, 0.4) is 0 Å². The highest BCUT2D eigenvalue weighted by atomic mass is 16.5. The van der Waals surface area contributed by atoms with E-state index in [9.17, 15) is 24.3 Å². The number of methoxy groups -OCH3 is 1. The van der Waals surface area contributed by atoms with Crippen molar-refractivity contribution in [1.82, 2.24) is 0 Å². The first-order valence-corrected chi connectivity index (χ1v) is 13.6. The fourth-order valence-corrected chi connectivity index (χ4v) is 4.76. The number of para-hydroxylation sites is 1. The second-order valence-corrected chi connectivity index (χ2v) is 9.71. The quantitative estimate of drug-likeness (QED) is 0.298. The van der Waals surface area contributed by atoms with Gasteiger partial charge in [0.05, 0.1) is 37.2 Å². The topological polar surface area (TPSA) is 138 Å². The highest BCUT2D eigenvalue weighted by molar-refractivity contribution is 6.03. The minimum Gasteiger partial charge on any atom is -0.495 e. The molecule has 0 spiro atoms. The Hall–Kier alpha value is -5.06. The summed E-state index contributed by atoms with van der Waals surface area (Å²) in [6, 6.07) is 17.3. The van der Waals surface area contributed by atoms with Crippen LogP contribution in [0.2, 0.25) is 0 Å². The Morgan fingerprint density at radius 3 is 2.31 bits per heavy atom. The summed E-state index contributed by atoms with van der Waals surface area (Å²) in [7, 11) is 1.48. The molecule has 0 radical (unpaired) electrons. The largest absolute Gasteiger partial charge is 0.495 e. The van der Waals surface area contributed by atoms with Gasteiger partial charge in [-0.2, -0.15) is 0 Å². The van der Waals surface area contributed by atoms with Crippen LogP contribution in [0, 0.1) is 6.92 Å². The molecule has 0 aliphatic carbocycles. The standard InChI is InChI=1S/C31H34N4O7/c1-4-42-29(37)14-11-21-10-13-25-26(17-21)35(31(39)40)16-15-34(25)28(36)19-22-9-12-24(27(18-22)41-3)33-30(38)32-23-8-6-5-7-20(23)2/h5-10,12-13,17-18H,4,11,14-16,19H2,1-3H3,(H,39,40)(H2,32,33,38). The molecule has 3 aromatic rings. The highest BCUT2D eigenvalue weighted by Crippen LogP contribution is 2.35. The van der Waals surface area contributed by atoms with Crippen molar-refractivity contribution < 1.29 is 33.8 Å². The summed E-state index contributed by atoms with van der Waals surface area (Å²) in [4.78, 5) is 52.5. The van der Waals surface area contributed by atoms with E-state index in [1.807, 2.05) is 25.1 Å². The summed E-state index contributed by atoms with van der Waals surface area (Å²) in [5, 5.41) is 15.4. The van der Waals surface area contributed by atoms with Crippen LogP contribution in [-0.4, -0.2) is 55.9 Å². The number of aryl methyl sites for hydroxylation is 2. The lowest BCUT2D eigenvalue weighted by atomic mass is 10.0. The zero-order valence-corrected chi connectivity index (χ0v) is 23.8. The molecule has 11 nitrogen and oxygen atoms in total. The third kappa shape index (κ3) is 7.17. The van der Waals surface area contributed by atoms with Gasteiger partial charge in [0.1, 0.15) is 5.75 Å². The van der Waals surface area contributed by atoms with Crippen LogP contribution in [0.1, 0.15) is 30.0 Å². The van der Waals surface area contributed by atoms with Gasteiger partial charge < -0.3 is 30.1 Å². The number of benzene rings is 3. The van der Waals surface area contributed by atoms with Gasteiger partial charge >= 0.3 is 18.1 Å². The normalized spacial score (nSPS) is 12.3. The molecule has 1 aliphatic rings. The summed E-state index contributed by atoms with van der Waals surface area (Å²) < 4.78 is 10.5. The SMILES string of the molecule is CCOC(=O)CCc1ccc2c(c1)N(C(=O)O)CCN2C(=O)Cc1ccc(NC(=O)Nc2ccccc2C)c(OC)c1. The number of hydrogen-bond donors (Lipinski definition) is 3. The molecule has 0 bridgehead atoms. The van der Waals surface area contributed by atoms with E-state index in [4.69, 9.17) is 9.47 Å². The lowest BCUT2D eigenvalue weighted by Gasteiger charge is -2.35. The minimum absolute atomic E-state index is 0.0309. The molecule has 4 amide bonds. The van der Waals surface area contributed by atoms with Crippen LogP contribution in [0.25, 0.3) is 0 Å². The Kier molecular flexibility index (Phi) is 9.64. The molecular weight excluding hydrogens is 540 g/mol. The van der Waals surface area contributed by atoms with Crippen molar-refractivity contribution in [2.75, 3.05) is 47.2 Å². The molecule has 11 heteroatoms. The number of anilines is 4. The lowest BCUT2D eigenvalue weighted by Crippen LogP contribution is -2.46. The first-order chi connectivity index (χ1) is 20.2. The van der Waals surface area contributed by atoms with Gasteiger partial charge in [0.2, 0.25) is 5.91 Å². The minimum atomic E-state index is -1.12. The molecule has 0 saturated heterocycles. The molecule has 1 aliphatic heterocycles. The van der Waals surface area contributed by atoms with Crippen molar-refractivity contribution in [2.24, 2.45) is 0 Å². The van der Waals surface area contributed by atoms with E-state index in [1.165, 1.54) is 12.0 Å². The van der Waals surface area contributed by atoms with E-state index in [1.54, 1.807) is 54.3 Å². The number of urea groups is 1. The van der Waals surface area contributed by atoms with E-state index in [0.29, 0.717) is 47.1 Å². The summed E-state index contributed by atoms with van der Waals surface area (Å²) in [6.07, 6.45) is -0.534. The predicted octanol–water partition coefficient (Wildman–Crippen LogP) is 5.22. The number of nitrogens with zero attached hydrogens (tertiary/aromatic N) is 2. The monoisotopic (exact) mass is 574 g/mol. The van der Waals surface area contributed by atoms with Crippen molar-refractivity contribution in [3.63, 3.8) is 0 Å². The maximum atomic E-state index is 13.5. The number of hydrogen-bond acceptors (Lipinski definition) is 6. The third-order valence-corrected chi connectivity index (χ3v) is 6.89. The van der Waals surface area contributed by atoms with Gasteiger partial charge in [0.25, 0.3) is 0 Å². The van der Waals surface area contributed by atoms with Crippen molar-refractivity contribution in [3.8, 4) is 5.75 Å². The zero-order valence-electron chi connectivity index (χ0n) is 23.8. The molecule has 0 saturated carbocycles. The van der Waals surface area contributed by atoms with E-state index in [0.717, 1.165) is 11.1 Å². The van der Waals surface area contributed by atoms with E-state index in [2.05, 4.69) is 10.6 Å². The number of ether oxygens (including phenoxy) is 2. The summed E-state index contributed by atoms with van der Waals surface area (Å²) >= 11 is 0. The number of carbonyl (C=O) groups is 4. The number of fused-ring (bicyclic) bond motifs is 1. The van der Waals surface area contributed by atoms with Crippen molar-refractivity contribution in [1.29, 1.82) is 0 Å². The third-order valence-electron chi connectivity index (χ3n) is 6.89. The van der Waals surface area contributed by atoms with Crippen LogP contribution < -0.4 is 25.2 Å². The second-order valence-electron chi connectivity index (χ2n) is 9.71. The Morgan fingerprint density at radius 2 is 1.60 bits per heavy atom. The number of esters is 1. The molecule has 4 rings (SSSR count). The molecule has 0 fully saturated rings. The first kappa shape index (κ1) is 29.9. The smallest absolute Gasteiger partial charge is 0.411 e. The van der Waals surface area contributed by atoms with Gasteiger partial charge in [0.15, 0.2) is 0 Å². The van der Waals surface area contributed by atoms with Crippen LogP contribution in [-0.2, 0) is 27.2 Å². The lowest BCUT2D eigenvalue weighted by molar-refractivity contribution is -0.143. The van der Waals surface area contributed by atoms with Crippen molar-refractivity contribution in [2.45, 2.75) is 33.1 Å². The van der Waals surface area contributed by atoms with Gasteiger partial charge in [-0.25, -0.2) is 9.59 Å². The Labute approximate surface area is 244 Å². The van der Waals surface area contributed by atoms with Crippen LogP contribution >= 0.6 is 0 Å². The molecule has 42 heavy (non-hydrogen) atoms. The number of carboxylic acid groups (broad SMARTS) is 1. The van der Waals surface area contributed by atoms with Gasteiger partial charge in [-0.1, -0.05) is 30.3 Å². The molecule has 3 aromatic carbocycles. The molecule has 3 N–H and O–H groups in total. The van der Waals surface area contributed by atoms with Gasteiger partial charge in [0, 0.05) is 25.2 Å². The van der Waals surface area contributed by atoms with Crippen LogP contribution in [0.4, 0.5) is 32.3 Å². The van der Waals surface area contributed by atoms with Gasteiger partial charge in [-0.05, 0) is 67.3 Å². The summed E-state index contributed by atoms with van der Waals surface area (Å²) in [5.74, 6) is -0.158. The number of amides is 4. The average Bonchev–Trinajstić information content (AvgIpc) is 2.97. The molecule has 0 aromatic heterocycles. The molecule has 1 heterocycles. The maximum Gasteiger partial charge on any atom is 0.411 e. The fourth-order valence-electron chi connectivity index (χ4n) is 4.76. The summed E-state index contributed by atoms with van der Waals surface area (Å²) in [6.45, 7) is 4.23. The van der Waals surface area contributed by atoms with Crippen LogP contribution in [0.15, 0.2) is 60.7 Å². The molecule has 220 valence electrons. The Morgan fingerprint density at radius 1 is 0.881 bits per heavy atom. The molecule has 0 atom stereocenters. The maximum absolute atomic E-state index is 13.5. The average molecular weight is 575 g/mol. The van der Waals surface area contributed by atoms with Crippen molar-refractivity contribution in [3.05, 3.63) is 77.4 Å². The van der Waals surface area contributed by atoms with E-state index < -0.39 is 12.1 Å². The predicted molar refractivity (Wildman–Crippen MR) is 160 cm³/mol. The number of rotatable bonds is 9. The fraction of sp³-hybridized carbons (Fsp3) is 0.290. The van der Waals surface area contributed by atoms with E-state index >= 15 is 0 Å². The number of carbonyl (C=O) groups excluding carboxylic acids is 3. The summed E-state index contributed by atoms with van der Waals surface area (Å²) in [5.41, 5.74) is 4.34. The van der Waals surface area contributed by atoms with Crippen molar-refractivity contribution >= 4 is 46.8 Å².